The van der Waals surface area contributed by atoms with Crippen molar-refractivity contribution in [2.45, 2.75) is 172 Å². The molecule has 0 aromatic heterocycles. The van der Waals surface area contributed by atoms with E-state index in [9.17, 15) is 49.7 Å². The van der Waals surface area contributed by atoms with Crippen LogP contribution in [0.4, 0.5) is 0 Å². The van der Waals surface area contributed by atoms with Gasteiger partial charge in [-0.1, -0.05) is 137 Å². The van der Waals surface area contributed by atoms with E-state index in [1.54, 1.807) is 6.08 Å². The molecule has 62 heavy (non-hydrogen) atoms. The van der Waals surface area contributed by atoms with E-state index in [2.05, 4.69) is 38.2 Å². The third-order valence-corrected chi connectivity index (χ3v) is 10.5. The summed E-state index contributed by atoms with van der Waals surface area (Å²) >= 11 is 0. The van der Waals surface area contributed by atoms with Gasteiger partial charge in [-0.15, -0.1) is 0 Å². The fourth-order valence-corrected chi connectivity index (χ4v) is 6.88. The van der Waals surface area contributed by atoms with Gasteiger partial charge in [-0.2, -0.15) is 0 Å². The number of esters is 2. The largest absolute Gasteiger partial charge is 0.472 e. The van der Waals surface area contributed by atoms with Crippen molar-refractivity contribution < 1.29 is 68.2 Å². The summed E-state index contributed by atoms with van der Waals surface area (Å²) in [4.78, 5) is 35.6. The first-order valence-electron chi connectivity index (χ1n) is 22.1. The highest BCUT2D eigenvalue weighted by atomic mass is 31.2. The van der Waals surface area contributed by atoms with Crippen LogP contribution in [0.15, 0.2) is 97.2 Å². The zero-order valence-electron chi connectivity index (χ0n) is 36.7. The summed E-state index contributed by atoms with van der Waals surface area (Å²) in [5, 5.41) is 59.9. The number of hydrogen-bond acceptors (Lipinski definition) is 13. The number of aliphatic hydroxyl groups excluding tert-OH is 6. The third kappa shape index (κ3) is 28.4. The number of hydrogen-bond donors (Lipinski definition) is 7. The van der Waals surface area contributed by atoms with Crippen LogP contribution in [0.1, 0.15) is 123 Å². The van der Waals surface area contributed by atoms with Gasteiger partial charge in [0.1, 0.15) is 43.2 Å². The van der Waals surface area contributed by atoms with E-state index in [0.717, 1.165) is 70.6 Å². The number of aliphatic hydroxyl groups is 6. The average Bonchev–Trinajstić information content (AvgIpc) is 3.25. The van der Waals surface area contributed by atoms with E-state index in [4.69, 9.17) is 18.5 Å². The molecule has 14 nitrogen and oxygen atoms in total. The van der Waals surface area contributed by atoms with Crippen LogP contribution in [0.25, 0.3) is 0 Å². The molecule has 0 aliphatic heterocycles. The van der Waals surface area contributed by atoms with E-state index < -0.39 is 81.8 Å². The first kappa shape index (κ1) is 56.7. The van der Waals surface area contributed by atoms with Crippen LogP contribution in [-0.4, -0.2) is 110 Å². The molecule has 1 rings (SSSR count). The zero-order chi connectivity index (χ0) is 45.9. The highest BCUT2D eigenvalue weighted by Gasteiger charge is 2.51. The lowest BCUT2D eigenvalue weighted by atomic mass is 9.85. The van der Waals surface area contributed by atoms with Crippen molar-refractivity contribution in [1.82, 2.24) is 0 Å². The molecule has 0 amide bonds. The van der Waals surface area contributed by atoms with E-state index >= 15 is 0 Å². The van der Waals surface area contributed by atoms with Crippen LogP contribution in [-0.2, 0) is 32.7 Å². The van der Waals surface area contributed by atoms with E-state index in [-0.39, 0.29) is 12.8 Å². The quantitative estimate of drug-likeness (QED) is 0.0111. The molecule has 1 saturated carbocycles. The normalized spacial score (nSPS) is 23.3. The minimum Gasteiger partial charge on any atom is -0.462 e. The maximum Gasteiger partial charge on any atom is 0.472 e. The molecule has 1 aliphatic carbocycles. The van der Waals surface area contributed by atoms with Gasteiger partial charge in [0.2, 0.25) is 0 Å². The van der Waals surface area contributed by atoms with E-state index in [1.807, 2.05) is 66.8 Å². The Bertz CT molecular complexity index is 1470. The molecule has 15 heteroatoms. The fraction of sp³-hybridized carbons (Fsp3) is 0.617. The molecule has 1 aliphatic rings. The predicted molar refractivity (Wildman–Crippen MR) is 240 cm³/mol. The van der Waals surface area contributed by atoms with Crippen molar-refractivity contribution in [2.24, 2.45) is 0 Å². The SMILES string of the molecule is CC/C=C\CC(O)/C=C/C=C/C/C=C\C/C=C\C/C=C\CCC(=O)O[C@H](COC(=O)CCCCCCC/C=C\C/C=C\CCC)COP(=O)(O)OC1[C@H](O)[C@H](O)C(O)[C@H](O)[C@H]1O. The van der Waals surface area contributed by atoms with Gasteiger partial charge in [0, 0.05) is 12.8 Å². The summed E-state index contributed by atoms with van der Waals surface area (Å²) in [7, 11) is -5.16. The Kier molecular flexibility index (Phi) is 33.1. The molecule has 0 aromatic carbocycles. The minimum absolute atomic E-state index is 0.0530. The number of rotatable bonds is 34. The molecule has 4 unspecified atom stereocenters. The molecule has 0 saturated heterocycles. The van der Waals surface area contributed by atoms with Crippen molar-refractivity contribution in [3.05, 3.63) is 97.2 Å². The number of ether oxygens (including phenoxy) is 2. The van der Waals surface area contributed by atoms with Gasteiger partial charge >= 0.3 is 19.8 Å². The van der Waals surface area contributed by atoms with Crippen LogP contribution in [0.3, 0.4) is 0 Å². The second kappa shape index (κ2) is 36.1. The smallest absolute Gasteiger partial charge is 0.462 e. The molecule has 7 N–H and O–H groups in total. The van der Waals surface area contributed by atoms with Gasteiger partial charge in [-0.25, -0.2) is 4.57 Å². The van der Waals surface area contributed by atoms with Gasteiger partial charge < -0.3 is 45.0 Å². The van der Waals surface area contributed by atoms with Crippen LogP contribution >= 0.6 is 7.82 Å². The predicted octanol–water partition coefficient (Wildman–Crippen LogP) is 7.24. The van der Waals surface area contributed by atoms with Crippen molar-refractivity contribution in [2.75, 3.05) is 13.2 Å². The molecular formula is C47H75O14P. The maximum absolute atomic E-state index is 12.8. The summed E-state index contributed by atoms with van der Waals surface area (Å²) in [5.41, 5.74) is 0. The zero-order valence-corrected chi connectivity index (χ0v) is 37.6. The second-order valence-corrected chi connectivity index (χ2v) is 16.4. The molecule has 0 heterocycles. The Balaban J connectivity index is 2.57. The Morgan fingerprint density at radius 1 is 0.597 bits per heavy atom. The number of phosphoric acid groups is 1. The van der Waals surface area contributed by atoms with Gasteiger partial charge in [0.05, 0.1) is 12.7 Å². The monoisotopic (exact) mass is 894 g/mol. The van der Waals surface area contributed by atoms with Crippen molar-refractivity contribution in [1.29, 1.82) is 0 Å². The number of phosphoric ester groups is 1. The molecule has 0 aromatic rings. The highest BCUT2D eigenvalue weighted by molar-refractivity contribution is 7.47. The summed E-state index contributed by atoms with van der Waals surface area (Å²) < 4.78 is 33.3. The molecule has 0 radical (unpaired) electrons. The fourth-order valence-electron chi connectivity index (χ4n) is 5.90. The van der Waals surface area contributed by atoms with Crippen LogP contribution < -0.4 is 0 Å². The Morgan fingerprint density at radius 3 is 1.77 bits per heavy atom. The summed E-state index contributed by atoms with van der Waals surface area (Å²) in [6, 6.07) is 0. The number of allylic oxidation sites excluding steroid dienone is 14. The lowest BCUT2D eigenvalue weighted by Crippen LogP contribution is -2.64. The molecule has 9 atom stereocenters. The van der Waals surface area contributed by atoms with Crippen molar-refractivity contribution >= 4 is 19.8 Å². The first-order chi connectivity index (χ1) is 29.8. The average molecular weight is 895 g/mol. The molecule has 0 bridgehead atoms. The summed E-state index contributed by atoms with van der Waals surface area (Å²) in [5.74, 6) is -1.25. The molecule has 0 spiro atoms. The lowest BCUT2D eigenvalue weighted by molar-refractivity contribution is -0.220. The number of carbonyl (C=O) groups is 2. The van der Waals surface area contributed by atoms with E-state index in [1.165, 1.54) is 0 Å². The topological polar surface area (TPSA) is 230 Å². The van der Waals surface area contributed by atoms with Gasteiger partial charge in [-0.3, -0.25) is 18.6 Å². The highest BCUT2D eigenvalue weighted by Crippen LogP contribution is 2.47. The maximum atomic E-state index is 12.8. The summed E-state index contributed by atoms with van der Waals surface area (Å²) in [6.45, 7) is 2.92. The summed E-state index contributed by atoms with van der Waals surface area (Å²) in [6.07, 6.45) is 30.9. The molecule has 1 fully saturated rings. The van der Waals surface area contributed by atoms with E-state index in [0.29, 0.717) is 25.7 Å². The van der Waals surface area contributed by atoms with Gasteiger partial charge in [-0.05, 0) is 70.6 Å². The van der Waals surface area contributed by atoms with Crippen LogP contribution in [0, 0.1) is 0 Å². The van der Waals surface area contributed by atoms with Crippen molar-refractivity contribution in [3.8, 4) is 0 Å². The minimum atomic E-state index is -5.16. The van der Waals surface area contributed by atoms with Gasteiger partial charge in [0.15, 0.2) is 6.10 Å². The van der Waals surface area contributed by atoms with Crippen LogP contribution in [0.5, 0.6) is 0 Å². The Morgan fingerprint density at radius 2 is 1.15 bits per heavy atom. The second-order valence-electron chi connectivity index (χ2n) is 15.0. The standard InChI is InChI=1S/C47H75O14P/c1-3-5-7-8-9-10-11-13-17-20-23-26-30-34-40(49)58-36-39(37-59-62(56,57)61-47-45(54)43(52)42(51)44(53)46(47)55)60-41(50)35-31-27-24-21-18-15-12-14-16-19-22-25-29-33-38(48)32-28-6-4-2/h6-8,10-11,14-16,18,22,24-25,27-29,33,38-39,42-48,51-55H,3-5,9,12-13,17,19-21,23,26,30-32,34-37H2,1-2H3,(H,56,57)/b8-7-,11-10-,16-14-,18-15-,25-22+,27-24-,28-6-,33-29+/t38?,39-,42?,43-,44+,45-,46-,47?/m1/s1. The number of carbonyl (C=O) groups excluding carboxylic acids is 2. The molecular weight excluding hydrogens is 819 g/mol. The lowest BCUT2D eigenvalue weighted by Gasteiger charge is -2.41. The van der Waals surface area contributed by atoms with Gasteiger partial charge in [0.25, 0.3) is 0 Å². The third-order valence-electron chi connectivity index (χ3n) is 9.48. The number of unbranched alkanes of at least 4 members (excludes halogenated alkanes) is 6. The van der Waals surface area contributed by atoms with Crippen molar-refractivity contribution in [3.63, 3.8) is 0 Å². The van der Waals surface area contributed by atoms with Crippen LogP contribution in [0.2, 0.25) is 0 Å². The first-order valence-corrected chi connectivity index (χ1v) is 23.6. The molecule has 352 valence electrons. The Labute approximate surface area is 369 Å². The Hall–Kier alpha value is -3.27.